The van der Waals surface area contributed by atoms with Crippen molar-refractivity contribution in [3.8, 4) is 11.5 Å². The second-order valence-corrected chi connectivity index (χ2v) is 4.79. The molecule has 2 rings (SSSR count). The molecule has 0 aliphatic rings. The molecule has 112 valence electrons. The van der Waals surface area contributed by atoms with Gasteiger partial charge in [0, 0.05) is 0 Å². The highest BCUT2D eigenvalue weighted by molar-refractivity contribution is 5.29. The van der Waals surface area contributed by atoms with Crippen LogP contribution in [0.15, 0.2) is 42.5 Å². The van der Waals surface area contributed by atoms with E-state index in [0.717, 1.165) is 12.2 Å². The Kier molecular flexibility index (Phi) is 5.58. The molecule has 0 saturated heterocycles. The summed E-state index contributed by atoms with van der Waals surface area (Å²) in [5, 5.41) is 0. The van der Waals surface area contributed by atoms with Gasteiger partial charge in [-0.2, -0.15) is 0 Å². The minimum absolute atomic E-state index is 0.226. The van der Waals surface area contributed by atoms with Gasteiger partial charge in [-0.3, -0.25) is 0 Å². The van der Waals surface area contributed by atoms with Crippen molar-refractivity contribution >= 4 is 0 Å². The Bertz CT molecular complexity index is 570. The van der Waals surface area contributed by atoms with Crippen molar-refractivity contribution in [1.82, 2.24) is 0 Å². The number of rotatable bonds is 7. The molecule has 0 heterocycles. The van der Waals surface area contributed by atoms with Gasteiger partial charge in [0.25, 0.3) is 0 Å². The van der Waals surface area contributed by atoms with Crippen molar-refractivity contribution in [2.24, 2.45) is 5.73 Å². The number of nitrogens with two attached hydrogens (primary N) is 1. The SMILES string of the molecule is Cc1cc(OCCOc2ccc(CCN)cc2)ccc1F. The summed E-state index contributed by atoms with van der Waals surface area (Å²) in [6.07, 6.45) is 0.868. The van der Waals surface area contributed by atoms with Crippen molar-refractivity contribution in [3.05, 3.63) is 59.4 Å². The van der Waals surface area contributed by atoms with Gasteiger partial charge in [0.05, 0.1) is 0 Å². The Hall–Kier alpha value is -2.07. The smallest absolute Gasteiger partial charge is 0.126 e. The zero-order chi connectivity index (χ0) is 15.1. The summed E-state index contributed by atoms with van der Waals surface area (Å²) in [6, 6.07) is 12.6. The minimum atomic E-state index is -0.226. The normalized spacial score (nSPS) is 10.4. The summed E-state index contributed by atoms with van der Waals surface area (Å²) in [5.74, 6) is 1.22. The average molecular weight is 289 g/mol. The lowest BCUT2D eigenvalue weighted by Gasteiger charge is -2.09. The highest BCUT2D eigenvalue weighted by Crippen LogP contribution is 2.16. The first kappa shape index (κ1) is 15.3. The monoisotopic (exact) mass is 289 g/mol. The number of hydrogen-bond acceptors (Lipinski definition) is 3. The molecule has 0 aliphatic carbocycles. The van der Waals surface area contributed by atoms with E-state index in [-0.39, 0.29) is 5.82 Å². The molecule has 0 aromatic heterocycles. The molecule has 2 N–H and O–H groups in total. The summed E-state index contributed by atoms with van der Waals surface area (Å²) in [6.45, 7) is 3.20. The van der Waals surface area contributed by atoms with Crippen LogP contribution in [0, 0.1) is 12.7 Å². The first-order chi connectivity index (χ1) is 10.2. The molecule has 0 radical (unpaired) electrons. The maximum atomic E-state index is 13.1. The number of aryl methyl sites for hydroxylation is 1. The van der Waals surface area contributed by atoms with Crippen LogP contribution in [0.2, 0.25) is 0 Å². The van der Waals surface area contributed by atoms with Gasteiger partial charge in [0.2, 0.25) is 0 Å². The maximum Gasteiger partial charge on any atom is 0.126 e. The average Bonchev–Trinajstić information content (AvgIpc) is 2.49. The molecule has 0 spiro atoms. The molecule has 21 heavy (non-hydrogen) atoms. The van der Waals surface area contributed by atoms with Gasteiger partial charge in [0.15, 0.2) is 0 Å². The van der Waals surface area contributed by atoms with E-state index in [1.807, 2.05) is 24.3 Å². The highest BCUT2D eigenvalue weighted by atomic mass is 19.1. The summed E-state index contributed by atoms with van der Waals surface area (Å²) in [7, 11) is 0. The van der Waals surface area contributed by atoms with E-state index < -0.39 is 0 Å². The minimum Gasteiger partial charge on any atom is -0.490 e. The first-order valence-electron chi connectivity index (χ1n) is 7.00. The van der Waals surface area contributed by atoms with E-state index in [4.69, 9.17) is 15.2 Å². The second kappa shape index (κ2) is 7.64. The molecule has 0 saturated carbocycles. The van der Waals surface area contributed by atoms with Gasteiger partial charge in [-0.25, -0.2) is 4.39 Å². The summed E-state index contributed by atoms with van der Waals surface area (Å²) >= 11 is 0. The predicted octanol–water partition coefficient (Wildman–Crippen LogP) is 3.09. The van der Waals surface area contributed by atoms with Crippen molar-refractivity contribution in [3.63, 3.8) is 0 Å². The molecule has 0 atom stereocenters. The van der Waals surface area contributed by atoms with Crippen LogP contribution in [-0.4, -0.2) is 19.8 Å². The second-order valence-electron chi connectivity index (χ2n) is 4.79. The molecule has 3 nitrogen and oxygen atoms in total. The predicted molar refractivity (Wildman–Crippen MR) is 81.3 cm³/mol. The van der Waals surface area contributed by atoms with Crippen LogP contribution in [0.5, 0.6) is 11.5 Å². The fourth-order valence-electron chi connectivity index (χ4n) is 1.95. The summed E-state index contributed by atoms with van der Waals surface area (Å²) < 4.78 is 24.2. The van der Waals surface area contributed by atoms with Crippen LogP contribution in [0.4, 0.5) is 4.39 Å². The molecular weight excluding hydrogens is 269 g/mol. The molecule has 4 heteroatoms. The van der Waals surface area contributed by atoms with E-state index in [1.54, 1.807) is 19.1 Å². The van der Waals surface area contributed by atoms with E-state index in [2.05, 4.69) is 0 Å². The third kappa shape index (κ3) is 4.76. The molecule has 0 unspecified atom stereocenters. The molecule has 0 amide bonds. The standard InChI is InChI=1S/C17H20FNO2/c1-13-12-16(6-7-17(13)18)21-11-10-20-15-4-2-14(3-5-15)8-9-19/h2-7,12H,8-11,19H2,1H3. The summed E-state index contributed by atoms with van der Waals surface area (Å²) in [5.41, 5.74) is 7.27. The van der Waals surface area contributed by atoms with E-state index >= 15 is 0 Å². The molecule has 0 aliphatic heterocycles. The van der Waals surface area contributed by atoms with Gasteiger partial charge in [0.1, 0.15) is 30.5 Å². The summed E-state index contributed by atoms with van der Waals surface area (Å²) in [4.78, 5) is 0. The zero-order valence-corrected chi connectivity index (χ0v) is 12.1. The van der Waals surface area contributed by atoms with Crippen molar-refractivity contribution < 1.29 is 13.9 Å². The van der Waals surface area contributed by atoms with Gasteiger partial charge in [-0.1, -0.05) is 12.1 Å². The first-order valence-corrected chi connectivity index (χ1v) is 7.00. The lowest BCUT2D eigenvalue weighted by Crippen LogP contribution is -2.09. The Morgan fingerprint density at radius 3 is 2.19 bits per heavy atom. The van der Waals surface area contributed by atoms with Crippen LogP contribution in [0.1, 0.15) is 11.1 Å². The van der Waals surface area contributed by atoms with Crippen LogP contribution in [0.25, 0.3) is 0 Å². The molecule has 0 bridgehead atoms. The number of halogens is 1. The lowest BCUT2D eigenvalue weighted by atomic mass is 10.1. The van der Waals surface area contributed by atoms with E-state index in [0.29, 0.717) is 31.1 Å². The fraction of sp³-hybridized carbons (Fsp3) is 0.294. The van der Waals surface area contributed by atoms with Gasteiger partial charge in [-0.05, 0) is 61.3 Å². The Morgan fingerprint density at radius 2 is 1.57 bits per heavy atom. The van der Waals surface area contributed by atoms with Gasteiger partial charge < -0.3 is 15.2 Å². The maximum absolute atomic E-state index is 13.1. The van der Waals surface area contributed by atoms with Crippen molar-refractivity contribution in [2.75, 3.05) is 19.8 Å². The Labute approximate surface area is 124 Å². The van der Waals surface area contributed by atoms with Crippen LogP contribution in [-0.2, 0) is 6.42 Å². The van der Waals surface area contributed by atoms with E-state index in [1.165, 1.54) is 11.6 Å². The third-order valence-corrected chi connectivity index (χ3v) is 3.11. The quantitative estimate of drug-likeness (QED) is 0.797. The number of benzene rings is 2. The number of ether oxygens (including phenoxy) is 2. The molecule has 0 fully saturated rings. The van der Waals surface area contributed by atoms with Crippen LogP contribution < -0.4 is 15.2 Å². The van der Waals surface area contributed by atoms with Gasteiger partial charge >= 0.3 is 0 Å². The molecular formula is C17H20FNO2. The highest BCUT2D eigenvalue weighted by Gasteiger charge is 2.00. The lowest BCUT2D eigenvalue weighted by molar-refractivity contribution is 0.217. The Morgan fingerprint density at radius 1 is 0.952 bits per heavy atom. The molecule has 2 aromatic rings. The number of hydrogen-bond donors (Lipinski definition) is 1. The third-order valence-electron chi connectivity index (χ3n) is 3.11. The van der Waals surface area contributed by atoms with Crippen LogP contribution in [0.3, 0.4) is 0 Å². The molecule has 2 aromatic carbocycles. The fourth-order valence-corrected chi connectivity index (χ4v) is 1.95. The largest absolute Gasteiger partial charge is 0.490 e. The van der Waals surface area contributed by atoms with E-state index in [9.17, 15) is 4.39 Å². The zero-order valence-electron chi connectivity index (χ0n) is 12.1. The van der Waals surface area contributed by atoms with Crippen molar-refractivity contribution in [1.29, 1.82) is 0 Å². The van der Waals surface area contributed by atoms with Gasteiger partial charge in [-0.15, -0.1) is 0 Å². The van der Waals surface area contributed by atoms with Crippen LogP contribution >= 0.6 is 0 Å². The van der Waals surface area contributed by atoms with Crippen molar-refractivity contribution in [2.45, 2.75) is 13.3 Å². The Balaban J connectivity index is 1.75. The topological polar surface area (TPSA) is 44.5 Å².